The minimum absolute atomic E-state index is 0.109. The van der Waals surface area contributed by atoms with E-state index < -0.39 is 0 Å². The first-order chi connectivity index (χ1) is 11.5. The summed E-state index contributed by atoms with van der Waals surface area (Å²) in [5, 5.41) is 3.66. The van der Waals surface area contributed by atoms with Crippen LogP contribution in [0.15, 0.2) is 12.1 Å². The van der Waals surface area contributed by atoms with Gasteiger partial charge in [0.25, 0.3) is 5.91 Å². The molecule has 0 radical (unpaired) electrons. The maximum Gasteiger partial charge on any atom is 0.256 e. The number of hydrogen-bond acceptors (Lipinski definition) is 4. The van der Waals surface area contributed by atoms with E-state index in [4.69, 9.17) is 11.6 Å². The Hall–Kier alpha value is -1.33. The number of anilines is 1. The molecule has 1 N–H and O–H groups in total. The van der Waals surface area contributed by atoms with E-state index in [1.54, 1.807) is 20.2 Å². The average Bonchev–Trinajstić information content (AvgIpc) is 2.54. The summed E-state index contributed by atoms with van der Waals surface area (Å²) in [6.07, 6.45) is 5.09. The van der Waals surface area contributed by atoms with Gasteiger partial charge < -0.3 is 15.1 Å². The van der Waals surface area contributed by atoms with E-state index in [9.17, 15) is 4.79 Å². The lowest BCUT2D eigenvalue weighted by Crippen LogP contribution is -2.45. The normalized spacial score (nSPS) is 24.6. The number of hydrogen-bond donors (Lipinski definition) is 1. The van der Waals surface area contributed by atoms with Crippen molar-refractivity contribution in [3.8, 4) is 0 Å². The molecule has 3 rings (SSSR count). The van der Waals surface area contributed by atoms with Crippen molar-refractivity contribution in [2.45, 2.75) is 31.7 Å². The van der Waals surface area contributed by atoms with Crippen LogP contribution >= 0.6 is 11.6 Å². The Labute approximate surface area is 149 Å². The molecule has 2 fully saturated rings. The molecule has 1 aromatic heterocycles. The number of carbonyl (C=O) groups is 1. The Morgan fingerprint density at radius 2 is 1.92 bits per heavy atom. The molecule has 0 atom stereocenters. The molecular formula is C18H27ClN4O. The molecule has 1 aliphatic heterocycles. The fourth-order valence-electron chi connectivity index (χ4n) is 3.88. The molecule has 24 heavy (non-hydrogen) atoms. The number of rotatable bonds is 4. The second kappa shape index (κ2) is 7.28. The van der Waals surface area contributed by atoms with Gasteiger partial charge in [-0.2, -0.15) is 0 Å². The fraction of sp³-hybridized carbons (Fsp3) is 0.667. The third-order valence-corrected chi connectivity index (χ3v) is 5.87. The standard InChI is InChI=1S/C18H27ClN4O/c1-20-14-10-13(11-14)12-6-8-23(9-7-12)16-5-4-15(17(19)21-16)18(24)22(2)3/h4-5,12-14,20H,6-11H2,1-3H3. The smallest absolute Gasteiger partial charge is 0.256 e. The molecule has 0 spiro atoms. The quantitative estimate of drug-likeness (QED) is 0.848. The van der Waals surface area contributed by atoms with Gasteiger partial charge in [-0.1, -0.05) is 11.6 Å². The van der Waals surface area contributed by atoms with E-state index in [1.807, 2.05) is 6.07 Å². The first kappa shape index (κ1) is 17.5. The summed E-state index contributed by atoms with van der Waals surface area (Å²) in [5.74, 6) is 2.51. The number of nitrogens with zero attached hydrogens (tertiary/aromatic N) is 3. The minimum Gasteiger partial charge on any atom is -0.357 e. The largest absolute Gasteiger partial charge is 0.357 e. The molecular weight excluding hydrogens is 324 g/mol. The van der Waals surface area contributed by atoms with Crippen LogP contribution < -0.4 is 10.2 Å². The lowest BCUT2D eigenvalue weighted by atomic mass is 9.69. The maximum atomic E-state index is 12.0. The van der Waals surface area contributed by atoms with Gasteiger partial charge in [-0.05, 0) is 56.7 Å². The zero-order chi connectivity index (χ0) is 17.3. The van der Waals surface area contributed by atoms with Gasteiger partial charge in [0, 0.05) is 33.2 Å². The highest BCUT2D eigenvalue weighted by molar-refractivity contribution is 6.32. The SMILES string of the molecule is CNC1CC(C2CCN(c3ccc(C(=O)N(C)C)c(Cl)n3)CC2)C1. The van der Waals surface area contributed by atoms with Gasteiger partial charge in [-0.25, -0.2) is 4.98 Å². The van der Waals surface area contributed by atoms with Crippen molar-refractivity contribution < 1.29 is 4.79 Å². The third kappa shape index (κ3) is 3.52. The van der Waals surface area contributed by atoms with E-state index in [0.717, 1.165) is 36.8 Å². The molecule has 2 heterocycles. The molecule has 6 heteroatoms. The van der Waals surface area contributed by atoms with Crippen LogP contribution in [0, 0.1) is 11.8 Å². The van der Waals surface area contributed by atoms with E-state index in [2.05, 4.69) is 22.2 Å². The number of nitrogens with one attached hydrogen (secondary N) is 1. The van der Waals surface area contributed by atoms with Crippen molar-refractivity contribution in [3.05, 3.63) is 22.8 Å². The zero-order valence-corrected chi connectivity index (χ0v) is 15.5. The van der Waals surface area contributed by atoms with Crippen LogP contribution in [0.4, 0.5) is 5.82 Å². The van der Waals surface area contributed by atoms with E-state index in [-0.39, 0.29) is 5.91 Å². The zero-order valence-electron chi connectivity index (χ0n) is 14.8. The number of pyridine rings is 1. The van der Waals surface area contributed by atoms with Crippen LogP contribution in [-0.4, -0.2) is 56.1 Å². The highest BCUT2D eigenvalue weighted by Crippen LogP contribution is 2.39. The van der Waals surface area contributed by atoms with E-state index >= 15 is 0 Å². The Bertz CT molecular complexity index is 593. The Balaban J connectivity index is 1.58. The molecule has 5 nitrogen and oxygen atoms in total. The second-order valence-electron chi connectivity index (χ2n) is 7.25. The molecule has 132 valence electrons. The van der Waals surface area contributed by atoms with Crippen molar-refractivity contribution >= 4 is 23.3 Å². The minimum atomic E-state index is -0.109. The van der Waals surface area contributed by atoms with Crippen molar-refractivity contribution in [1.29, 1.82) is 0 Å². The summed E-state index contributed by atoms with van der Waals surface area (Å²) in [5.41, 5.74) is 0.466. The highest BCUT2D eigenvalue weighted by Gasteiger charge is 2.35. The summed E-state index contributed by atoms with van der Waals surface area (Å²) >= 11 is 6.24. The Morgan fingerprint density at radius 1 is 1.25 bits per heavy atom. The molecule has 1 aliphatic carbocycles. The van der Waals surface area contributed by atoms with Gasteiger partial charge in [0.2, 0.25) is 0 Å². The van der Waals surface area contributed by atoms with Gasteiger partial charge in [-0.3, -0.25) is 4.79 Å². The maximum absolute atomic E-state index is 12.0. The monoisotopic (exact) mass is 350 g/mol. The van der Waals surface area contributed by atoms with Crippen LogP contribution in [0.5, 0.6) is 0 Å². The fourth-order valence-corrected chi connectivity index (χ4v) is 4.11. The molecule has 1 saturated heterocycles. The van der Waals surface area contributed by atoms with Crippen molar-refractivity contribution in [2.24, 2.45) is 11.8 Å². The molecule has 0 unspecified atom stereocenters. The van der Waals surface area contributed by atoms with Crippen molar-refractivity contribution in [3.63, 3.8) is 0 Å². The van der Waals surface area contributed by atoms with Gasteiger partial charge in [0.1, 0.15) is 11.0 Å². The first-order valence-electron chi connectivity index (χ1n) is 8.80. The van der Waals surface area contributed by atoms with E-state index in [0.29, 0.717) is 10.7 Å². The first-order valence-corrected chi connectivity index (χ1v) is 9.17. The lowest BCUT2D eigenvalue weighted by molar-refractivity contribution is 0.0827. The van der Waals surface area contributed by atoms with Crippen molar-refractivity contribution in [1.82, 2.24) is 15.2 Å². The predicted molar refractivity (Wildman–Crippen MR) is 97.8 cm³/mol. The molecule has 1 saturated carbocycles. The number of halogens is 1. The van der Waals surface area contributed by atoms with Crippen LogP contribution in [0.1, 0.15) is 36.0 Å². The number of piperidine rings is 1. The predicted octanol–water partition coefficient (Wildman–Crippen LogP) is 2.65. The van der Waals surface area contributed by atoms with Crippen LogP contribution in [0.2, 0.25) is 5.15 Å². The summed E-state index contributed by atoms with van der Waals surface area (Å²) in [6.45, 7) is 2.05. The van der Waals surface area contributed by atoms with Crippen LogP contribution in [0.25, 0.3) is 0 Å². The van der Waals surface area contributed by atoms with Gasteiger partial charge in [0.05, 0.1) is 5.56 Å². The van der Waals surface area contributed by atoms with Crippen LogP contribution in [0.3, 0.4) is 0 Å². The number of amides is 1. The summed E-state index contributed by atoms with van der Waals surface area (Å²) in [7, 11) is 5.50. The molecule has 1 amide bonds. The van der Waals surface area contributed by atoms with Gasteiger partial charge >= 0.3 is 0 Å². The summed E-state index contributed by atoms with van der Waals surface area (Å²) in [4.78, 5) is 20.3. The second-order valence-corrected chi connectivity index (χ2v) is 7.61. The molecule has 0 aromatic carbocycles. The topological polar surface area (TPSA) is 48.5 Å². The average molecular weight is 351 g/mol. The number of carbonyl (C=O) groups excluding carboxylic acids is 1. The molecule has 0 bridgehead atoms. The Morgan fingerprint density at radius 3 is 2.46 bits per heavy atom. The lowest BCUT2D eigenvalue weighted by Gasteiger charge is -2.44. The summed E-state index contributed by atoms with van der Waals surface area (Å²) in [6, 6.07) is 4.45. The highest BCUT2D eigenvalue weighted by atomic mass is 35.5. The van der Waals surface area contributed by atoms with Gasteiger partial charge in [0.15, 0.2) is 0 Å². The van der Waals surface area contributed by atoms with Crippen LogP contribution in [-0.2, 0) is 0 Å². The Kier molecular flexibility index (Phi) is 5.30. The van der Waals surface area contributed by atoms with Crippen molar-refractivity contribution in [2.75, 3.05) is 39.1 Å². The summed E-state index contributed by atoms with van der Waals surface area (Å²) < 4.78 is 0. The van der Waals surface area contributed by atoms with E-state index in [1.165, 1.54) is 30.6 Å². The van der Waals surface area contributed by atoms with Gasteiger partial charge in [-0.15, -0.1) is 0 Å². The molecule has 1 aromatic rings. The molecule has 2 aliphatic rings. The number of aromatic nitrogens is 1. The third-order valence-electron chi connectivity index (χ3n) is 5.58.